The maximum atomic E-state index is 13.3. The van der Waals surface area contributed by atoms with Gasteiger partial charge in [-0.05, 0) is 50.1 Å². The molecular formula is C23H22ClN3O2. The van der Waals surface area contributed by atoms with Gasteiger partial charge in [0.1, 0.15) is 5.75 Å². The number of carbonyl (C=O) groups is 1. The van der Waals surface area contributed by atoms with Crippen molar-refractivity contribution in [1.29, 1.82) is 5.26 Å². The van der Waals surface area contributed by atoms with Gasteiger partial charge in [-0.3, -0.25) is 4.79 Å². The van der Waals surface area contributed by atoms with Crippen LogP contribution >= 0.6 is 11.6 Å². The zero-order valence-electron chi connectivity index (χ0n) is 16.8. The first-order valence-corrected chi connectivity index (χ1v) is 9.54. The number of halogens is 1. The van der Waals surface area contributed by atoms with Crippen LogP contribution in [0.4, 0.5) is 5.69 Å². The molecule has 0 bridgehead atoms. The van der Waals surface area contributed by atoms with Crippen molar-refractivity contribution in [3.63, 3.8) is 0 Å². The average Bonchev–Trinajstić information content (AvgIpc) is 2.69. The van der Waals surface area contributed by atoms with E-state index in [-0.39, 0.29) is 5.91 Å². The first kappa shape index (κ1) is 20.5. The summed E-state index contributed by atoms with van der Waals surface area (Å²) in [7, 11) is 1.55. The smallest absolute Gasteiger partial charge is 0.254 e. The van der Waals surface area contributed by atoms with Crippen LogP contribution < -0.4 is 15.4 Å². The third-order valence-electron chi connectivity index (χ3n) is 5.00. The monoisotopic (exact) mass is 407 g/mol. The summed E-state index contributed by atoms with van der Waals surface area (Å²) in [5.41, 5.74) is 4.72. The number of dihydropyridines is 1. The molecule has 1 unspecified atom stereocenters. The molecule has 0 aliphatic carbocycles. The predicted octanol–water partition coefficient (Wildman–Crippen LogP) is 5.05. The highest BCUT2D eigenvalue weighted by Crippen LogP contribution is 2.39. The number of nitrogens with zero attached hydrogens (tertiary/aromatic N) is 1. The van der Waals surface area contributed by atoms with Gasteiger partial charge in [0.15, 0.2) is 0 Å². The number of benzene rings is 2. The lowest BCUT2D eigenvalue weighted by molar-refractivity contribution is -0.113. The van der Waals surface area contributed by atoms with Gasteiger partial charge in [0, 0.05) is 22.0 Å². The molecule has 5 nitrogen and oxygen atoms in total. The van der Waals surface area contributed by atoms with E-state index in [2.05, 4.69) is 16.7 Å². The highest BCUT2D eigenvalue weighted by Gasteiger charge is 2.33. The van der Waals surface area contributed by atoms with Crippen molar-refractivity contribution in [2.24, 2.45) is 0 Å². The molecule has 6 heteroatoms. The van der Waals surface area contributed by atoms with Crippen molar-refractivity contribution in [3.8, 4) is 11.8 Å². The Morgan fingerprint density at radius 3 is 2.55 bits per heavy atom. The van der Waals surface area contributed by atoms with Crippen molar-refractivity contribution in [1.82, 2.24) is 5.32 Å². The number of nitrogens with one attached hydrogen (secondary N) is 2. The number of nitriles is 1. The topological polar surface area (TPSA) is 74.2 Å². The fraction of sp³-hybridized carbons (Fsp3) is 0.217. The van der Waals surface area contributed by atoms with E-state index < -0.39 is 5.92 Å². The van der Waals surface area contributed by atoms with Crippen LogP contribution in [-0.4, -0.2) is 13.0 Å². The third-order valence-corrected chi connectivity index (χ3v) is 5.42. The quantitative estimate of drug-likeness (QED) is 0.743. The number of methoxy groups -OCH3 is 1. The summed E-state index contributed by atoms with van der Waals surface area (Å²) in [5.74, 6) is -0.224. The van der Waals surface area contributed by atoms with Crippen LogP contribution in [-0.2, 0) is 4.79 Å². The second-order valence-electron chi connectivity index (χ2n) is 6.91. The number of hydrogen-bond donors (Lipinski definition) is 2. The highest BCUT2D eigenvalue weighted by molar-refractivity contribution is 6.31. The second-order valence-corrected chi connectivity index (χ2v) is 7.32. The molecule has 0 saturated heterocycles. The van der Waals surface area contributed by atoms with Gasteiger partial charge >= 0.3 is 0 Å². The minimum Gasteiger partial charge on any atom is -0.495 e. The Balaban J connectivity index is 2.08. The number of aryl methyl sites for hydroxylation is 1. The minimum atomic E-state index is -0.494. The fourth-order valence-corrected chi connectivity index (χ4v) is 3.68. The molecule has 0 aromatic heterocycles. The summed E-state index contributed by atoms with van der Waals surface area (Å²) < 4.78 is 5.34. The van der Waals surface area contributed by atoms with Crippen LogP contribution in [0.3, 0.4) is 0 Å². The Kier molecular flexibility index (Phi) is 5.95. The summed E-state index contributed by atoms with van der Waals surface area (Å²) in [6.07, 6.45) is 0. The molecule has 1 heterocycles. The Labute approximate surface area is 175 Å². The summed E-state index contributed by atoms with van der Waals surface area (Å²) in [5, 5.41) is 16.6. The van der Waals surface area contributed by atoms with Gasteiger partial charge in [0.05, 0.1) is 30.4 Å². The average molecular weight is 408 g/mol. The van der Waals surface area contributed by atoms with Crippen LogP contribution in [0.25, 0.3) is 0 Å². The lowest BCUT2D eigenvalue weighted by atomic mass is 9.80. The maximum absolute atomic E-state index is 13.3. The fourth-order valence-electron chi connectivity index (χ4n) is 3.56. The Bertz CT molecular complexity index is 1080. The van der Waals surface area contributed by atoms with Crippen LogP contribution in [0.2, 0.25) is 5.02 Å². The molecule has 2 aromatic carbocycles. The first-order valence-electron chi connectivity index (χ1n) is 9.16. The van der Waals surface area contributed by atoms with Gasteiger partial charge in [-0.25, -0.2) is 0 Å². The number of amides is 1. The van der Waals surface area contributed by atoms with Crippen molar-refractivity contribution >= 4 is 23.2 Å². The van der Waals surface area contributed by atoms with Crippen LogP contribution in [0.1, 0.15) is 30.9 Å². The molecule has 1 atom stereocenters. The third kappa shape index (κ3) is 3.98. The van der Waals surface area contributed by atoms with E-state index in [0.717, 1.165) is 16.8 Å². The normalized spacial score (nSPS) is 16.2. The lowest BCUT2D eigenvalue weighted by Crippen LogP contribution is -2.30. The van der Waals surface area contributed by atoms with E-state index >= 15 is 0 Å². The molecule has 148 valence electrons. The molecule has 3 rings (SSSR count). The van der Waals surface area contributed by atoms with Crippen LogP contribution in [0.5, 0.6) is 5.75 Å². The standard InChI is InChI=1S/C23H22ClN3O2/c1-13-11-16(9-10-18(13)24)22-17(12-25)14(2)26-15(3)21(22)23(28)27-19-7-5-6-8-20(19)29-4/h5-11,22,26H,1-4H3,(H,27,28). The largest absolute Gasteiger partial charge is 0.495 e. The van der Waals surface area contributed by atoms with Crippen molar-refractivity contribution in [3.05, 3.63) is 81.2 Å². The Morgan fingerprint density at radius 2 is 1.90 bits per heavy atom. The molecule has 0 fully saturated rings. The molecule has 0 spiro atoms. The van der Waals surface area contributed by atoms with Gasteiger partial charge in [-0.2, -0.15) is 5.26 Å². The molecule has 0 radical (unpaired) electrons. The second kappa shape index (κ2) is 8.42. The molecular weight excluding hydrogens is 386 g/mol. The Morgan fingerprint density at radius 1 is 1.17 bits per heavy atom. The van der Waals surface area contributed by atoms with E-state index in [1.54, 1.807) is 25.3 Å². The van der Waals surface area contributed by atoms with Crippen molar-refractivity contribution in [2.45, 2.75) is 26.7 Å². The molecule has 2 aromatic rings. The van der Waals surface area contributed by atoms with E-state index in [1.165, 1.54) is 0 Å². The number of rotatable bonds is 4. The predicted molar refractivity (Wildman–Crippen MR) is 115 cm³/mol. The number of allylic oxidation sites excluding steroid dienone is 3. The number of carbonyl (C=O) groups excluding carboxylic acids is 1. The molecule has 1 amide bonds. The molecule has 0 saturated carbocycles. The van der Waals surface area contributed by atoms with Crippen LogP contribution in [0, 0.1) is 18.3 Å². The van der Waals surface area contributed by atoms with Crippen LogP contribution in [0.15, 0.2) is 65.0 Å². The minimum absolute atomic E-state index is 0.294. The van der Waals surface area contributed by atoms with Crippen molar-refractivity contribution in [2.75, 3.05) is 12.4 Å². The first-order chi connectivity index (χ1) is 13.9. The number of anilines is 1. The van der Waals surface area contributed by atoms with E-state index in [1.807, 2.05) is 45.0 Å². The molecule has 1 aliphatic rings. The van der Waals surface area contributed by atoms with E-state index in [4.69, 9.17) is 16.3 Å². The lowest BCUT2D eigenvalue weighted by Gasteiger charge is -2.29. The Hall–Kier alpha value is -3.23. The van der Waals surface area contributed by atoms with Gasteiger partial charge in [0.25, 0.3) is 5.91 Å². The summed E-state index contributed by atoms with van der Waals surface area (Å²) >= 11 is 6.19. The SMILES string of the molecule is COc1ccccc1NC(=O)C1=C(C)NC(C)=C(C#N)C1c1ccc(Cl)c(C)c1. The molecule has 2 N–H and O–H groups in total. The summed E-state index contributed by atoms with van der Waals surface area (Å²) in [6, 6.07) is 15.1. The number of ether oxygens (including phenoxy) is 1. The van der Waals surface area contributed by atoms with E-state index in [0.29, 0.717) is 33.3 Å². The molecule has 29 heavy (non-hydrogen) atoms. The van der Waals surface area contributed by atoms with Gasteiger partial charge in [0.2, 0.25) is 0 Å². The molecule has 1 aliphatic heterocycles. The van der Waals surface area contributed by atoms with Crippen molar-refractivity contribution < 1.29 is 9.53 Å². The number of para-hydroxylation sites is 2. The maximum Gasteiger partial charge on any atom is 0.254 e. The summed E-state index contributed by atoms with van der Waals surface area (Å²) in [4.78, 5) is 13.3. The zero-order valence-corrected chi connectivity index (χ0v) is 17.5. The zero-order chi connectivity index (χ0) is 21.1. The summed E-state index contributed by atoms with van der Waals surface area (Å²) in [6.45, 7) is 5.58. The number of hydrogen-bond acceptors (Lipinski definition) is 4. The highest BCUT2D eigenvalue weighted by atomic mass is 35.5. The van der Waals surface area contributed by atoms with Gasteiger partial charge in [-0.1, -0.05) is 35.9 Å². The van der Waals surface area contributed by atoms with Gasteiger partial charge in [-0.15, -0.1) is 0 Å². The van der Waals surface area contributed by atoms with Gasteiger partial charge < -0.3 is 15.4 Å². The van der Waals surface area contributed by atoms with E-state index in [9.17, 15) is 10.1 Å².